The molecule has 108 valence electrons. The Hall–Kier alpha value is -1.09. The molecule has 1 heterocycles. The van der Waals surface area contributed by atoms with E-state index in [9.17, 15) is 0 Å². The predicted molar refractivity (Wildman–Crippen MR) is 83.6 cm³/mol. The largest absolute Gasteiger partial charge is 0.360 e. The summed E-state index contributed by atoms with van der Waals surface area (Å²) in [6.07, 6.45) is 3.17. The van der Waals surface area contributed by atoms with Gasteiger partial charge in [0.2, 0.25) is 0 Å². The molecule has 0 saturated heterocycles. The third kappa shape index (κ3) is 6.58. The minimum absolute atomic E-state index is 0.146. The van der Waals surface area contributed by atoms with Crippen molar-refractivity contribution in [3.8, 4) is 0 Å². The van der Waals surface area contributed by atoms with Crippen LogP contribution in [0.4, 0.5) is 5.82 Å². The number of nitrogens with zero attached hydrogens (tertiary/aromatic N) is 2. The molecule has 0 bridgehead atoms. The van der Waals surface area contributed by atoms with Crippen molar-refractivity contribution in [3.63, 3.8) is 0 Å². The maximum Gasteiger partial charge on any atom is 0.128 e. The van der Waals surface area contributed by atoms with Gasteiger partial charge in [-0.2, -0.15) is 0 Å². The molecule has 19 heavy (non-hydrogen) atoms. The smallest absolute Gasteiger partial charge is 0.128 e. The van der Waals surface area contributed by atoms with Gasteiger partial charge in [0, 0.05) is 31.9 Å². The molecule has 0 radical (unpaired) electrons. The van der Waals surface area contributed by atoms with E-state index in [1.54, 1.807) is 0 Å². The Morgan fingerprint density at radius 1 is 1.26 bits per heavy atom. The molecule has 0 spiro atoms. The van der Waals surface area contributed by atoms with E-state index < -0.39 is 0 Å². The first kappa shape index (κ1) is 16.0. The maximum absolute atomic E-state index is 4.54. The number of anilines is 1. The molecule has 3 nitrogen and oxygen atoms in total. The van der Waals surface area contributed by atoms with Crippen molar-refractivity contribution in [3.05, 3.63) is 23.9 Å². The molecular formula is C16H29N3. The predicted octanol–water partition coefficient (Wildman–Crippen LogP) is 3.45. The number of hydrogen-bond acceptors (Lipinski definition) is 3. The Labute approximate surface area is 118 Å². The molecule has 0 saturated carbocycles. The van der Waals surface area contributed by atoms with E-state index in [-0.39, 0.29) is 5.54 Å². The Balaban J connectivity index is 2.51. The van der Waals surface area contributed by atoms with Gasteiger partial charge in [-0.05, 0) is 44.7 Å². The Kier molecular flexibility index (Phi) is 5.80. The second-order valence-electron chi connectivity index (χ2n) is 6.73. The van der Waals surface area contributed by atoms with E-state index in [2.05, 4.69) is 69.0 Å². The number of nitrogens with one attached hydrogen (secondary N) is 1. The molecule has 1 rings (SSSR count). The summed E-state index contributed by atoms with van der Waals surface area (Å²) < 4.78 is 0. The highest BCUT2D eigenvalue weighted by Crippen LogP contribution is 2.12. The van der Waals surface area contributed by atoms with Crippen LogP contribution in [0.5, 0.6) is 0 Å². The fourth-order valence-electron chi connectivity index (χ4n) is 1.68. The molecular weight excluding hydrogens is 234 g/mol. The van der Waals surface area contributed by atoms with E-state index >= 15 is 0 Å². The third-order valence-electron chi connectivity index (χ3n) is 3.06. The monoisotopic (exact) mass is 263 g/mol. The first-order valence-corrected chi connectivity index (χ1v) is 7.19. The van der Waals surface area contributed by atoms with Crippen molar-refractivity contribution < 1.29 is 0 Å². The van der Waals surface area contributed by atoms with Gasteiger partial charge in [0.1, 0.15) is 5.82 Å². The molecule has 0 aliphatic rings. The van der Waals surface area contributed by atoms with Crippen molar-refractivity contribution in [2.24, 2.45) is 5.92 Å². The first-order valence-electron chi connectivity index (χ1n) is 7.19. The highest BCUT2D eigenvalue weighted by Gasteiger charge is 2.09. The fraction of sp³-hybridized carbons (Fsp3) is 0.688. The lowest BCUT2D eigenvalue weighted by Gasteiger charge is -2.21. The van der Waals surface area contributed by atoms with Crippen LogP contribution in [0.3, 0.4) is 0 Å². The minimum Gasteiger partial charge on any atom is -0.360 e. The van der Waals surface area contributed by atoms with Crippen LogP contribution in [0.25, 0.3) is 0 Å². The fourth-order valence-corrected chi connectivity index (χ4v) is 1.68. The minimum atomic E-state index is 0.146. The van der Waals surface area contributed by atoms with E-state index in [1.165, 1.54) is 12.0 Å². The van der Waals surface area contributed by atoms with Crippen LogP contribution < -0.4 is 10.2 Å². The average molecular weight is 263 g/mol. The molecule has 0 atom stereocenters. The maximum atomic E-state index is 4.54. The summed E-state index contributed by atoms with van der Waals surface area (Å²) in [6.45, 7) is 13.0. The highest BCUT2D eigenvalue weighted by molar-refractivity contribution is 5.38. The zero-order chi connectivity index (χ0) is 14.5. The molecule has 0 unspecified atom stereocenters. The topological polar surface area (TPSA) is 28.2 Å². The summed E-state index contributed by atoms with van der Waals surface area (Å²) in [5.74, 6) is 1.79. The molecule has 0 aliphatic heterocycles. The molecule has 1 aromatic heterocycles. The van der Waals surface area contributed by atoms with Crippen molar-refractivity contribution in [2.75, 3.05) is 18.5 Å². The Morgan fingerprint density at radius 3 is 2.42 bits per heavy atom. The van der Waals surface area contributed by atoms with Gasteiger partial charge in [0.15, 0.2) is 0 Å². The van der Waals surface area contributed by atoms with E-state index in [1.807, 2.05) is 6.20 Å². The molecule has 0 aliphatic carbocycles. The second kappa shape index (κ2) is 6.90. The second-order valence-corrected chi connectivity index (χ2v) is 6.73. The Morgan fingerprint density at radius 2 is 1.95 bits per heavy atom. The SMILES string of the molecule is CC(C)CCN(C)c1ccc(CNC(C)(C)C)cn1. The van der Waals surface area contributed by atoms with Crippen molar-refractivity contribution >= 4 is 5.82 Å². The lowest BCUT2D eigenvalue weighted by atomic mass is 10.1. The number of hydrogen-bond donors (Lipinski definition) is 1. The standard InChI is InChI=1S/C16H29N3/c1-13(2)9-10-19(6)15-8-7-14(11-17-15)12-18-16(3,4)5/h7-8,11,13,18H,9-10,12H2,1-6H3. The molecule has 0 amide bonds. The number of rotatable bonds is 6. The van der Waals surface area contributed by atoms with Crippen LogP contribution in [0.2, 0.25) is 0 Å². The van der Waals surface area contributed by atoms with Crippen molar-refractivity contribution in [2.45, 2.75) is 53.1 Å². The number of aromatic nitrogens is 1. The summed E-state index contributed by atoms with van der Waals surface area (Å²) >= 11 is 0. The zero-order valence-corrected chi connectivity index (χ0v) is 13.3. The van der Waals surface area contributed by atoms with Crippen LogP contribution in [0.15, 0.2) is 18.3 Å². The number of pyridine rings is 1. The van der Waals surface area contributed by atoms with Gasteiger partial charge in [0.05, 0.1) is 0 Å². The van der Waals surface area contributed by atoms with Gasteiger partial charge in [-0.3, -0.25) is 0 Å². The molecule has 1 aromatic rings. The normalized spacial score (nSPS) is 11.9. The molecule has 0 aromatic carbocycles. The lowest BCUT2D eigenvalue weighted by molar-refractivity contribution is 0.424. The van der Waals surface area contributed by atoms with E-state index in [0.29, 0.717) is 0 Å². The van der Waals surface area contributed by atoms with Gasteiger partial charge >= 0.3 is 0 Å². The summed E-state index contributed by atoms with van der Waals surface area (Å²) in [5.41, 5.74) is 1.38. The van der Waals surface area contributed by atoms with Crippen LogP contribution in [-0.2, 0) is 6.54 Å². The van der Waals surface area contributed by atoms with Crippen LogP contribution in [-0.4, -0.2) is 24.1 Å². The first-order chi connectivity index (χ1) is 8.78. The average Bonchev–Trinajstić information content (AvgIpc) is 2.33. The quantitative estimate of drug-likeness (QED) is 0.852. The van der Waals surface area contributed by atoms with Crippen LogP contribution in [0.1, 0.15) is 46.6 Å². The summed E-state index contributed by atoms with van der Waals surface area (Å²) in [6, 6.07) is 4.27. The summed E-state index contributed by atoms with van der Waals surface area (Å²) in [5, 5.41) is 3.47. The van der Waals surface area contributed by atoms with Crippen molar-refractivity contribution in [1.82, 2.24) is 10.3 Å². The molecule has 3 heteroatoms. The summed E-state index contributed by atoms with van der Waals surface area (Å²) in [7, 11) is 2.11. The Bertz CT molecular complexity index is 363. The molecule has 0 fully saturated rings. The van der Waals surface area contributed by atoms with Crippen molar-refractivity contribution in [1.29, 1.82) is 0 Å². The van der Waals surface area contributed by atoms with Gasteiger partial charge in [-0.15, -0.1) is 0 Å². The molecule has 1 N–H and O–H groups in total. The third-order valence-corrected chi connectivity index (χ3v) is 3.06. The van der Waals surface area contributed by atoms with Gasteiger partial charge in [0.25, 0.3) is 0 Å². The van der Waals surface area contributed by atoms with Gasteiger partial charge < -0.3 is 10.2 Å². The summed E-state index contributed by atoms with van der Waals surface area (Å²) in [4.78, 5) is 6.77. The van der Waals surface area contributed by atoms with Crippen LogP contribution >= 0.6 is 0 Å². The van der Waals surface area contributed by atoms with E-state index in [4.69, 9.17) is 0 Å². The van der Waals surface area contributed by atoms with Gasteiger partial charge in [-0.1, -0.05) is 19.9 Å². The van der Waals surface area contributed by atoms with Crippen LogP contribution in [0, 0.1) is 5.92 Å². The van der Waals surface area contributed by atoms with E-state index in [0.717, 1.165) is 24.8 Å². The zero-order valence-electron chi connectivity index (χ0n) is 13.3. The lowest BCUT2D eigenvalue weighted by Crippen LogP contribution is -2.35. The highest BCUT2D eigenvalue weighted by atomic mass is 15.2. The van der Waals surface area contributed by atoms with Gasteiger partial charge in [-0.25, -0.2) is 4.98 Å².